The number of piperidine rings is 1. The first-order chi connectivity index (χ1) is 13.4. The molecule has 6 nitrogen and oxygen atoms in total. The number of hydrogen-bond donors (Lipinski definition) is 1. The predicted molar refractivity (Wildman–Crippen MR) is 112 cm³/mol. The zero-order valence-electron chi connectivity index (χ0n) is 16.7. The van der Waals surface area contributed by atoms with Gasteiger partial charge in [-0.25, -0.2) is 9.97 Å². The van der Waals surface area contributed by atoms with Gasteiger partial charge in [0.2, 0.25) is 11.9 Å². The fourth-order valence-electron chi connectivity index (χ4n) is 3.66. The number of carbonyl (C=O) groups is 1. The van der Waals surface area contributed by atoms with E-state index in [4.69, 9.17) is 16.3 Å². The molecule has 0 saturated carbocycles. The minimum absolute atomic E-state index is 0.0275. The molecule has 1 unspecified atom stereocenters. The van der Waals surface area contributed by atoms with Crippen molar-refractivity contribution in [2.75, 3.05) is 30.4 Å². The summed E-state index contributed by atoms with van der Waals surface area (Å²) < 4.78 is 5.28. The van der Waals surface area contributed by atoms with Crippen molar-refractivity contribution in [1.29, 1.82) is 0 Å². The summed E-state index contributed by atoms with van der Waals surface area (Å²) in [5, 5.41) is 3.48. The van der Waals surface area contributed by atoms with Crippen LogP contribution in [-0.4, -0.2) is 36.1 Å². The van der Waals surface area contributed by atoms with Gasteiger partial charge in [-0.05, 0) is 63.3 Å². The summed E-state index contributed by atoms with van der Waals surface area (Å²) in [5.74, 6) is 1.83. The third-order valence-electron chi connectivity index (χ3n) is 4.99. The lowest BCUT2D eigenvalue weighted by Crippen LogP contribution is -2.37. The molecule has 1 saturated heterocycles. The van der Waals surface area contributed by atoms with Crippen molar-refractivity contribution in [1.82, 2.24) is 9.97 Å². The summed E-state index contributed by atoms with van der Waals surface area (Å²) >= 11 is 6.03. The van der Waals surface area contributed by atoms with Crippen LogP contribution in [0.3, 0.4) is 0 Å². The zero-order chi connectivity index (χ0) is 20.1. The maximum Gasteiger partial charge on any atom is 0.225 e. The molecule has 1 aliphatic heterocycles. The lowest BCUT2D eigenvalue weighted by atomic mass is 9.93. The van der Waals surface area contributed by atoms with Gasteiger partial charge < -0.3 is 15.0 Å². The highest BCUT2D eigenvalue weighted by Crippen LogP contribution is 2.29. The molecule has 1 atom stereocenters. The second kappa shape index (κ2) is 9.24. The number of anilines is 2. The largest absolute Gasteiger partial charge is 0.495 e. The van der Waals surface area contributed by atoms with E-state index in [1.54, 1.807) is 25.3 Å². The molecular weight excluding hydrogens is 376 g/mol. The number of hydrogen-bond acceptors (Lipinski definition) is 5. The molecule has 1 N–H and O–H groups in total. The van der Waals surface area contributed by atoms with E-state index in [0.29, 0.717) is 28.8 Å². The first-order valence-corrected chi connectivity index (χ1v) is 10.0. The summed E-state index contributed by atoms with van der Waals surface area (Å²) in [4.78, 5) is 23.8. The van der Waals surface area contributed by atoms with Crippen LogP contribution < -0.4 is 15.0 Å². The van der Waals surface area contributed by atoms with Gasteiger partial charge in [0.15, 0.2) is 0 Å². The van der Waals surface area contributed by atoms with E-state index < -0.39 is 0 Å². The molecule has 150 valence electrons. The third-order valence-corrected chi connectivity index (χ3v) is 5.22. The normalized spacial score (nSPS) is 16.7. The van der Waals surface area contributed by atoms with Crippen LogP contribution in [0.2, 0.25) is 5.02 Å². The van der Waals surface area contributed by atoms with Gasteiger partial charge in [0.1, 0.15) is 5.75 Å². The maximum absolute atomic E-state index is 12.4. The number of aromatic nitrogens is 2. The van der Waals surface area contributed by atoms with E-state index in [0.717, 1.165) is 49.7 Å². The van der Waals surface area contributed by atoms with Crippen molar-refractivity contribution in [2.24, 2.45) is 5.92 Å². The van der Waals surface area contributed by atoms with Crippen LogP contribution in [0.5, 0.6) is 5.75 Å². The van der Waals surface area contributed by atoms with Gasteiger partial charge in [-0.2, -0.15) is 0 Å². The SMILES string of the molecule is COc1ccc(Cl)cc1NC(=O)CCC1CCCN(c2nc(C)cc(C)n2)C1. The van der Waals surface area contributed by atoms with Crippen LogP contribution >= 0.6 is 11.6 Å². The van der Waals surface area contributed by atoms with Gasteiger partial charge in [0.25, 0.3) is 0 Å². The number of nitrogens with one attached hydrogen (secondary N) is 1. The molecule has 0 spiro atoms. The molecule has 0 bridgehead atoms. The highest BCUT2D eigenvalue weighted by molar-refractivity contribution is 6.31. The molecular formula is C21H27ClN4O2. The molecule has 7 heteroatoms. The van der Waals surface area contributed by atoms with Gasteiger partial charge in [0.05, 0.1) is 12.8 Å². The van der Waals surface area contributed by atoms with E-state index >= 15 is 0 Å². The Bertz CT molecular complexity index is 823. The molecule has 1 aromatic heterocycles. The Kier molecular flexibility index (Phi) is 6.73. The molecule has 1 fully saturated rings. The second-order valence-corrected chi connectivity index (χ2v) is 7.77. The quantitative estimate of drug-likeness (QED) is 0.776. The van der Waals surface area contributed by atoms with Gasteiger partial charge in [0, 0.05) is 35.9 Å². The highest BCUT2D eigenvalue weighted by atomic mass is 35.5. The Morgan fingerprint density at radius 1 is 1.29 bits per heavy atom. The van der Waals surface area contributed by atoms with Crippen LogP contribution in [0.4, 0.5) is 11.6 Å². The summed E-state index contributed by atoms with van der Waals surface area (Å²) in [6.45, 7) is 5.84. The zero-order valence-corrected chi connectivity index (χ0v) is 17.4. The fraction of sp³-hybridized carbons (Fsp3) is 0.476. The molecule has 0 radical (unpaired) electrons. The molecule has 2 heterocycles. The summed E-state index contributed by atoms with van der Waals surface area (Å²) in [5.41, 5.74) is 2.58. The Balaban J connectivity index is 1.55. The molecule has 1 amide bonds. The highest BCUT2D eigenvalue weighted by Gasteiger charge is 2.23. The minimum Gasteiger partial charge on any atom is -0.495 e. The fourth-order valence-corrected chi connectivity index (χ4v) is 3.83. The van der Waals surface area contributed by atoms with Gasteiger partial charge in [-0.15, -0.1) is 0 Å². The van der Waals surface area contributed by atoms with E-state index in [-0.39, 0.29) is 5.91 Å². The maximum atomic E-state index is 12.4. The van der Waals surface area contributed by atoms with Crippen molar-refractivity contribution in [3.8, 4) is 5.75 Å². The Morgan fingerprint density at radius 3 is 2.75 bits per heavy atom. The van der Waals surface area contributed by atoms with Crippen LogP contribution in [0.25, 0.3) is 0 Å². The van der Waals surface area contributed by atoms with Gasteiger partial charge >= 0.3 is 0 Å². The monoisotopic (exact) mass is 402 g/mol. The number of nitrogens with zero attached hydrogens (tertiary/aromatic N) is 3. The number of carbonyl (C=O) groups excluding carboxylic acids is 1. The number of rotatable bonds is 6. The van der Waals surface area contributed by atoms with Crippen molar-refractivity contribution < 1.29 is 9.53 Å². The van der Waals surface area contributed by atoms with Gasteiger partial charge in [-0.1, -0.05) is 11.6 Å². The molecule has 1 aliphatic rings. The smallest absolute Gasteiger partial charge is 0.225 e. The number of aryl methyl sites for hydroxylation is 2. The van der Waals surface area contributed by atoms with E-state index in [2.05, 4.69) is 20.2 Å². The van der Waals surface area contributed by atoms with Crippen molar-refractivity contribution in [2.45, 2.75) is 39.5 Å². The average molecular weight is 403 g/mol. The Labute approximate surface area is 171 Å². The van der Waals surface area contributed by atoms with E-state index in [9.17, 15) is 4.79 Å². The van der Waals surface area contributed by atoms with Crippen LogP contribution in [0.1, 0.15) is 37.1 Å². The molecule has 3 rings (SSSR count). The van der Waals surface area contributed by atoms with Gasteiger partial charge in [-0.3, -0.25) is 4.79 Å². The van der Waals surface area contributed by atoms with E-state index in [1.165, 1.54) is 0 Å². The predicted octanol–water partition coefficient (Wildman–Crippen LogP) is 4.39. The van der Waals surface area contributed by atoms with E-state index in [1.807, 2.05) is 19.9 Å². The molecule has 2 aromatic rings. The Morgan fingerprint density at radius 2 is 2.04 bits per heavy atom. The second-order valence-electron chi connectivity index (χ2n) is 7.34. The number of benzene rings is 1. The van der Waals surface area contributed by atoms with Crippen LogP contribution in [-0.2, 0) is 4.79 Å². The first-order valence-electron chi connectivity index (χ1n) is 9.65. The Hall–Kier alpha value is -2.34. The number of halogens is 1. The summed E-state index contributed by atoms with van der Waals surface area (Å²) in [6.07, 6.45) is 3.50. The standard InChI is InChI=1S/C21H27ClN4O2/c1-14-11-15(2)24-21(23-14)26-10-4-5-16(13-26)6-9-20(27)25-18-12-17(22)7-8-19(18)28-3/h7-8,11-12,16H,4-6,9-10,13H2,1-3H3,(H,25,27). The average Bonchev–Trinajstić information content (AvgIpc) is 2.66. The molecule has 0 aliphatic carbocycles. The lowest BCUT2D eigenvalue weighted by Gasteiger charge is -2.33. The molecule has 1 aromatic carbocycles. The van der Waals surface area contributed by atoms with Crippen molar-refractivity contribution in [3.63, 3.8) is 0 Å². The number of ether oxygens (including phenoxy) is 1. The minimum atomic E-state index is -0.0275. The number of amides is 1. The first kappa shape index (κ1) is 20.4. The lowest BCUT2D eigenvalue weighted by molar-refractivity contribution is -0.116. The summed E-state index contributed by atoms with van der Waals surface area (Å²) in [6, 6.07) is 7.18. The topological polar surface area (TPSA) is 67.3 Å². The number of methoxy groups -OCH3 is 1. The van der Waals surface area contributed by atoms with Crippen LogP contribution in [0.15, 0.2) is 24.3 Å². The summed E-state index contributed by atoms with van der Waals surface area (Å²) in [7, 11) is 1.57. The molecule has 28 heavy (non-hydrogen) atoms. The van der Waals surface area contributed by atoms with Crippen LogP contribution in [0, 0.1) is 19.8 Å². The third kappa shape index (κ3) is 5.35. The van der Waals surface area contributed by atoms with Crippen molar-refractivity contribution in [3.05, 3.63) is 40.7 Å². The van der Waals surface area contributed by atoms with Crippen molar-refractivity contribution >= 4 is 29.1 Å².